The Balaban J connectivity index is 1.75. The Morgan fingerprint density at radius 1 is 1.47 bits per heavy atom. The van der Waals surface area contributed by atoms with E-state index < -0.39 is 0 Å². The van der Waals surface area contributed by atoms with Crippen LogP contribution >= 0.6 is 0 Å². The molecule has 0 radical (unpaired) electrons. The van der Waals surface area contributed by atoms with Crippen molar-refractivity contribution in [2.24, 2.45) is 5.73 Å². The van der Waals surface area contributed by atoms with Gasteiger partial charge >= 0.3 is 0 Å². The van der Waals surface area contributed by atoms with Crippen LogP contribution in [0.25, 0.3) is 0 Å². The van der Waals surface area contributed by atoms with Crippen LogP contribution in [0, 0.1) is 5.41 Å². The van der Waals surface area contributed by atoms with Gasteiger partial charge in [-0.3, -0.25) is 15.3 Å². The SMILES string of the molecule is N=C(/C=C\N)NC1CCN(Cc2ccccn2)CC1. The predicted octanol–water partition coefficient (Wildman–Crippen LogP) is 1.09. The highest BCUT2D eigenvalue weighted by atomic mass is 15.1. The fraction of sp³-hybridized carbons (Fsp3) is 0.429. The second kappa shape index (κ2) is 6.89. The smallest absolute Gasteiger partial charge is 0.119 e. The van der Waals surface area contributed by atoms with Crippen molar-refractivity contribution in [1.82, 2.24) is 15.2 Å². The molecule has 2 heterocycles. The van der Waals surface area contributed by atoms with Crippen LogP contribution in [-0.2, 0) is 6.54 Å². The lowest BCUT2D eigenvalue weighted by atomic mass is 10.0. The van der Waals surface area contributed by atoms with E-state index in [-0.39, 0.29) is 0 Å². The molecule has 0 atom stereocenters. The summed E-state index contributed by atoms with van der Waals surface area (Å²) in [4.78, 5) is 6.76. The van der Waals surface area contributed by atoms with Crippen molar-refractivity contribution < 1.29 is 0 Å². The van der Waals surface area contributed by atoms with Gasteiger partial charge in [-0.1, -0.05) is 6.07 Å². The molecule has 0 spiro atoms. The number of aromatic nitrogens is 1. The third kappa shape index (κ3) is 4.37. The molecule has 4 N–H and O–H groups in total. The van der Waals surface area contributed by atoms with Crippen molar-refractivity contribution >= 4 is 5.84 Å². The van der Waals surface area contributed by atoms with Gasteiger partial charge < -0.3 is 11.1 Å². The van der Waals surface area contributed by atoms with E-state index >= 15 is 0 Å². The number of nitrogens with two attached hydrogens (primary N) is 1. The molecule has 0 aliphatic carbocycles. The number of nitrogens with zero attached hydrogens (tertiary/aromatic N) is 2. The standard InChI is InChI=1S/C14H21N5/c15-7-4-14(16)18-12-5-9-19(10-6-12)11-13-3-1-2-8-17-13/h1-4,7-8,12H,5-6,9-11,15H2,(H2,16,18)/b7-4-. The van der Waals surface area contributed by atoms with E-state index in [9.17, 15) is 0 Å². The molecule has 0 bridgehead atoms. The maximum atomic E-state index is 7.65. The van der Waals surface area contributed by atoms with Crippen LogP contribution in [-0.4, -0.2) is 34.9 Å². The van der Waals surface area contributed by atoms with Gasteiger partial charge in [0.05, 0.1) is 5.69 Å². The highest BCUT2D eigenvalue weighted by Gasteiger charge is 2.19. The zero-order chi connectivity index (χ0) is 13.5. The van der Waals surface area contributed by atoms with Gasteiger partial charge in [0, 0.05) is 31.9 Å². The number of pyridine rings is 1. The minimum absolute atomic E-state index is 0.378. The first-order chi connectivity index (χ1) is 9.28. The summed E-state index contributed by atoms with van der Waals surface area (Å²) in [6.45, 7) is 2.98. The third-order valence-electron chi connectivity index (χ3n) is 3.32. The topological polar surface area (TPSA) is 78.0 Å². The molecular weight excluding hydrogens is 238 g/mol. The molecule has 19 heavy (non-hydrogen) atoms. The molecule has 0 unspecified atom stereocenters. The maximum Gasteiger partial charge on any atom is 0.119 e. The van der Waals surface area contributed by atoms with Crippen molar-refractivity contribution in [3.8, 4) is 0 Å². The van der Waals surface area contributed by atoms with E-state index in [1.54, 1.807) is 6.08 Å². The van der Waals surface area contributed by atoms with Crippen LogP contribution in [0.5, 0.6) is 0 Å². The van der Waals surface area contributed by atoms with Crippen LogP contribution in [0.2, 0.25) is 0 Å². The summed E-state index contributed by atoms with van der Waals surface area (Å²) in [6.07, 6.45) is 6.91. The van der Waals surface area contributed by atoms with E-state index in [1.807, 2.05) is 18.3 Å². The highest BCUT2D eigenvalue weighted by molar-refractivity contribution is 5.90. The summed E-state index contributed by atoms with van der Waals surface area (Å²) >= 11 is 0. The zero-order valence-corrected chi connectivity index (χ0v) is 11.0. The normalized spacial score (nSPS) is 17.7. The van der Waals surface area contributed by atoms with Crippen molar-refractivity contribution in [2.45, 2.75) is 25.4 Å². The molecule has 1 saturated heterocycles. The number of piperidine rings is 1. The summed E-state index contributed by atoms with van der Waals surface area (Å²) < 4.78 is 0. The molecule has 1 aromatic heterocycles. The van der Waals surface area contributed by atoms with Gasteiger partial charge in [-0.2, -0.15) is 0 Å². The molecular formula is C14H21N5. The average Bonchev–Trinajstić information content (AvgIpc) is 2.42. The molecule has 0 saturated carbocycles. The van der Waals surface area contributed by atoms with Gasteiger partial charge in [-0.05, 0) is 37.3 Å². The lowest BCUT2D eigenvalue weighted by Gasteiger charge is -2.32. The zero-order valence-electron chi connectivity index (χ0n) is 11.0. The Morgan fingerprint density at radius 3 is 2.89 bits per heavy atom. The van der Waals surface area contributed by atoms with Gasteiger partial charge in [-0.25, -0.2) is 0 Å². The first-order valence-electron chi connectivity index (χ1n) is 6.63. The second-order valence-corrected chi connectivity index (χ2v) is 4.79. The van der Waals surface area contributed by atoms with Crippen LogP contribution in [0.3, 0.4) is 0 Å². The molecule has 0 aromatic carbocycles. The highest BCUT2D eigenvalue weighted by Crippen LogP contribution is 2.12. The van der Waals surface area contributed by atoms with E-state index in [4.69, 9.17) is 11.1 Å². The number of likely N-dealkylation sites (tertiary alicyclic amines) is 1. The molecule has 1 aliphatic rings. The molecule has 1 aromatic rings. The summed E-state index contributed by atoms with van der Waals surface area (Å²) in [7, 11) is 0. The van der Waals surface area contributed by atoms with Gasteiger partial charge in [0.2, 0.25) is 0 Å². The maximum absolute atomic E-state index is 7.65. The van der Waals surface area contributed by atoms with Crippen molar-refractivity contribution in [3.05, 3.63) is 42.4 Å². The Bertz CT molecular complexity index is 421. The molecule has 102 valence electrons. The largest absolute Gasteiger partial charge is 0.404 e. The Kier molecular flexibility index (Phi) is 4.92. The van der Waals surface area contributed by atoms with Crippen LogP contribution in [0.1, 0.15) is 18.5 Å². The summed E-state index contributed by atoms with van der Waals surface area (Å²) in [5.41, 5.74) is 6.38. The monoisotopic (exact) mass is 259 g/mol. The first kappa shape index (κ1) is 13.5. The fourth-order valence-corrected chi connectivity index (χ4v) is 2.32. The van der Waals surface area contributed by atoms with Gasteiger partial charge in [0.25, 0.3) is 0 Å². The second-order valence-electron chi connectivity index (χ2n) is 4.79. The lowest BCUT2D eigenvalue weighted by molar-refractivity contribution is 0.197. The van der Waals surface area contributed by atoms with Gasteiger partial charge in [0.15, 0.2) is 0 Å². The summed E-state index contributed by atoms with van der Waals surface area (Å²) in [5, 5.41) is 10.8. The minimum Gasteiger partial charge on any atom is -0.404 e. The molecule has 5 heteroatoms. The van der Waals surface area contributed by atoms with E-state index in [0.717, 1.165) is 38.2 Å². The lowest BCUT2D eigenvalue weighted by Crippen LogP contribution is -2.43. The van der Waals surface area contributed by atoms with Crippen molar-refractivity contribution in [1.29, 1.82) is 5.41 Å². The van der Waals surface area contributed by atoms with Gasteiger partial charge in [-0.15, -0.1) is 0 Å². The predicted molar refractivity (Wildman–Crippen MR) is 76.7 cm³/mol. The number of rotatable bonds is 4. The number of hydrogen-bond donors (Lipinski definition) is 3. The van der Waals surface area contributed by atoms with Crippen LogP contribution in [0.4, 0.5) is 0 Å². The Morgan fingerprint density at radius 2 is 2.26 bits per heavy atom. The van der Waals surface area contributed by atoms with E-state index in [1.165, 1.54) is 6.20 Å². The fourth-order valence-electron chi connectivity index (χ4n) is 2.32. The van der Waals surface area contributed by atoms with E-state index in [2.05, 4.69) is 21.3 Å². The van der Waals surface area contributed by atoms with Crippen LogP contribution < -0.4 is 11.1 Å². The molecule has 2 rings (SSSR count). The quantitative estimate of drug-likeness (QED) is 0.558. The van der Waals surface area contributed by atoms with Gasteiger partial charge in [0.1, 0.15) is 5.84 Å². The first-order valence-corrected chi connectivity index (χ1v) is 6.63. The number of hydrogen-bond acceptors (Lipinski definition) is 4. The Labute approximate surface area is 114 Å². The molecule has 1 fully saturated rings. The summed E-state index contributed by atoms with van der Waals surface area (Å²) in [6, 6.07) is 6.41. The third-order valence-corrected chi connectivity index (χ3v) is 3.32. The average molecular weight is 259 g/mol. The Hall–Kier alpha value is -1.88. The summed E-state index contributed by atoms with van der Waals surface area (Å²) in [5.74, 6) is 0.394. The van der Waals surface area contributed by atoms with Crippen molar-refractivity contribution in [2.75, 3.05) is 13.1 Å². The molecule has 5 nitrogen and oxygen atoms in total. The number of nitrogens with one attached hydrogen (secondary N) is 2. The minimum atomic E-state index is 0.378. The number of amidine groups is 1. The van der Waals surface area contributed by atoms with Crippen molar-refractivity contribution in [3.63, 3.8) is 0 Å². The molecule has 0 amide bonds. The van der Waals surface area contributed by atoms with Crippen LogP contribution in [0.15, 0.2) is 36.7 Å². The molecule has 1 aliphatic heterocycles. The van der Waals surface area contributed by atoms with E-state index in [0.29, 0.717) is 11.9 Å².